The summed E-state index contributed by atoms with van der Waals surface area (Å²) in [7, 11) is 0. The Balaban J connectivity index is 3.34. The summed E-state index contributed by atoms with van der Waals surface area (Å²) in [6, 6.07) is -0.540. The Morgan fingerprint density at radius 3 is 0.934 bits per heavy atom. The van der Waals surface area contributed by atoms with Crippen LogP contribution < -0.4 is 5.32 Å². The summed E-state index contributed by atoms with van der Waals surface area (Å²) in [5, 5.41) is 23.2. The number of aliphatic hydroxyl groups excluding tert-OH is 2. The van der Waals surface area contributed by atoms with Gasteiger partial charge in [-0.1, -0.05) is 321 Å². The van der Waals surface area contributed by atoms with E-state index in [0.29, 0.717) is 25.9 Å². The van der Waals surface area contributed by atoms with Crippen molar-refractivity contribution in [2.75, 3.05) is 13.2 Å². The van der Waals surface area contributed by atoms with Crippen LogP contribution in [0.15, 0.2) is 24.3 Å². The molecule has 0 fully saturated rings. The predicted octanol–water partition coefficient (Wildman–Crippen LogP) is 22.1. The highest BCUT2D eigenvalue weighted by molar-refractivity contribution is 5.76. The minimum absolute atomic E-state index is 0.0160. The summed E-state index contributed by atoms with van der Waals surface area (Å²) in [5.74, 6) is -0.0176. The number of carbonyl (C=O) groups excluding carboxylic acids is 2. The van der Waals surface area contributed by atoms with Crippen molar-refractivity contribution < 1.29 is 24.5 Å². The zero-order valence-corrected chi connectivity index (χ0v) is 51.5. The van der Waals surface area contributed by atoms with Gasteiger partial charge in [-0.2, -0.15) is 0 Å². The maximum absolute atomic E-state index is 12.5. The van der Waals surface area contributed by atoms with Crippen LogP contribution in [0.1, 0.15) is 386 Å². The Morgan fingerprint density at radius 2 is 0.618 bits per heavy atom. The number of rotatable bonds is 65. The SMILES string of the molecule is CCCCCCCC/C=C\CCCCCCCCCCCC(=O)OCCCCCCCCCCCCCC/C=C\CCCCCCCCCCCCCCC(=O)NC(CO)C(O)CCCCCCCCCCCCCC. The molecule has 450 valence electrons. The van der Waals surface area contributed by atoms with Crippen molar-refractivity contribution in [2.45, 2.75) is 398 Å². The summed E-state index contributed by atoms with van der Waals surface area (Å²) in [5.41, 5.74) is 0. The van der Waals surface area contributed by atoms with Gasteiger partial charge in [0.1, 0.15) is 0 Å². The molecular weight excluding hydrogens is 935 g/mol. The van der Waals surface area contributed by atoms with Gasteiger partial charge in [0, 0.05) is 12.8 Å². The van der Waals surface area contributed by atoms with Crippen LogP contribution in [0.5, 0.6) is 0 Å². The molecule has 6 heteroatoms. The molecule has 0 aliphatic heterocycles. The number of amides is 1. The minimum atomic E-state index is -0.663. The van der Waals surface area contributed by atoms with E-state index in [0.717, 1.165) is 38.5 Å². The average molecular weight is 1070 g/mol. The third kappa shape index (κ3) is 61.6. The highest BCUT2D eigenvalue weighted by Crippen LogP contribution is 2.18. The third-order valence-electron chi connectivity index (χ3n) is 16.2. The van der Waals surface area contributed by atoms with Gasteiger partial charge < -0.3 is 20.3 Å². The molecule has 2 unspecified atom stereocenters. The number of unbranched alkanes of at least 4 members (excludes halogenated alkanes) is 50. The van der Waals surface area contributed by atoms with E-state index < -0.39 is 12.1 Å². The van der Waals surface area contributed by atoms with Gasteiger partial charge in [0.25, 0.3) is 0 Å². The molecule has 0 aliphatic rings. The molecule has 0 bridgehead atoms. The molecule has 2 atom stereocenters. The number of esters is 1. The van der Waals surface area contributed by atoms with Gasteiger partial charge in [-0.25, -0.2) is 0 Å². The Bertz CT molecular complexity index is 1190. The standard InChI is InChI=1S/C70H135NO5/c1-3-5-7-9-11-13-15-17-18-19-30-34-37-40-44-48-52-56-60-64-70(75)76-65-61-57-53-49-45-41-38-35-32-29-27-25-23-21-20-22-24-26-28-31-33-36-39-43-47-51-55-59-63-69(74)71-67(66-72)68(73)62-58-54-50-46-42-16-14-12-10-8-6-4-2/h17-18,20-21,67-68,72-73H,3-16,19,22-66H2,1-2H3,(H,71,74)/b18-17-,21-20-. The second kappa shape index (κ2) is 65.9. The van der Waals surface area contributed by atoms with Crippen molar-refractivity contribution in [1.82, 2.24) is 5.32 Å². The summed E-state index contributed by atoms with van der Waals surface area (Å²) in [6.45, 7) is 4.97. The first-order valence-electron chi connectivity index (χ1n) is 34.6. The van der Waals surface area contributed by atoms with E-state index in [2.05, 4.69) is 43.5 Å². The average Bonchev–Trinajstić information content (AvgIpc) is 3.42. The van der Waals surface area contributed by atoms with Gasteiger partial charge in [0.05, 0.1) is 25.4 Å². The summed E-state index contributed by atoms with van der Waals surface area (Å²) in [6.07, 6.45) is 82.3. The van der Waals surface area contributed by atoms with Crippen LogP contribution >= 0.6 is 0 Å². The van der Waals surface area contributed by atoms with Crippen LogP contribution in [0, 0.1) is 0 Å². The van der Waals surface area contributed by atoms with Crippen LogP contribution in [-0.4, -0.2) is 47.4 Å². The highest BCUT2D eigenvalue weighted by Gasteiger charge is 2.20. The van der Waals surface area contributed by atoms with E-state index in [4.69, 9.17) is 4.74 Å². The zero-order valence-electron chi connectivity index (χ0n) is 51.5. The number of ether oxygens (including phenoxy) is 1. The first-order chi connectivity index (χ1) is 37.5. The first kappa shape index (κ1) is 74.3. The van der Waals surface area contributed by atoms with Gasteiger partial charge in [-0.3, -0.25) is 9.59 Å². The molecule has 0 rings (SSSR count). The van der Waals surface area contributed by atoms with Crippen LogP contribution in [0.25, 0.3) is 0 Å². The minimum Gasteiger partial charge on any atom is -0.466 e. The summed E-state index contributed by atoms with van der Waals surface area (Å²) in [4.78, 5) is 24.6. The molecule has 76 heavy (non-hydrogen) atoms. The van der Waals surface area contributed by atoms with Crippen LogP contribution in [-0.2, 0) is 14.3 Å². The molecule has 0 heterocycles. The molecule has 0 aromatic heterocycles. The van der Waals surface area contributed by atoms with Crippen molar-refractivity contribution in [2.24, 2.45) is 0 Å². The number of aliphatic hydroxyl groups is 2. The lowest BCUT2D eigenvalue weighted by Gasteiger charge is -2.22. The lowest BCUT2D eigenvalue weighted by molar-refractivity contribution is -0.143. The second-order valence-electron chi connectivity index (χ2n) is 23.9. The quantitative estimate of drug-likeness (QED) is 0.0320. The highest BCUT2D eigenvalue weighted by atomic mass is 16.5. The van der Waals surface area contributed by atoms with Crippen molar-refractivity contribution >= 4 is 11.9 Å². The predicted molar refractivity (Wildman–Crippen MR) is 333 cm³/mol. The van der Waals surface area contributed by atoms with E-state index in [1.165, 1.54) is 315 Å². The Kier molecular flexibility index (Phi) is 64.4. The fourth-order valence-electron chi connectivity index (χ4n) is 10.9. The Morgan fingerprint density at radius 1 is 0.355 bits per heavy atom. The number of hydrogen-bond acceptors (Lipinski definition) is 5. The van der Waals surface area contributed by atoms with Crippen molar-refractivity contribution in [3.8, 4) is 0 Å². The van der Waals surface area contributed by atoms with E-state index in [9.17, 15) is 19.8 Å². The molecule has 0 radical (unpaired) electrons. The molecule has 0 spiro atoms. The third-order valence-corrected chi connectivity index (χ3v) is 16.2. The summed E-state index contributed by atoms with van der Waals surface area (Å²) < 4.78 is 5.51. The molecule has 0 saturated heterocycles. The van der Waals surface area contributed by atoms with Gasteiger partial charge in [-0.05, 0) is 77.0 Å². The van der Waals surface area contributed by atoms with E-state index in [1.54, 1.807) is 0 Å². The molecule has 3 N–H and O–H groups in total. The van der Waals surface area contributed by atoms with Gasteiger partial charge in [0.2, 0.25) is 5.91 Å². The first-order valence-corrected chi connectivity index (χ1v) is 34.6. The van der Waals surface area contributed by atoms with Gasteiger partial charge >= 0.3 is 5.97 Å². The number of hydrogen-bond donors (Lipinski definition) is 3. The zero-order chi connectivity index (χ0) is 55.0. The largest absolute Gasteiger partial charge is 0.466 e. The molecule has 6 nitrogen and oxygen atoms in total. The Labute approximate surface area is 475 Å². The topological polar surface area (TPSA) is 95.9 Å². The lowest BCUT2D eigenvalue weighted by Crippen LogP contribution is -2.45. The van der Waals surface area contributed by atoms with Crippen molar-refractivity contribution in [1.29, 1.82) is 0 Å². The fourth-order valence-corrected chi connectivity index (χ4v) is 10.9. The van der Waals surface area contributed by atoms with E-state index in [1.807, 2.05) is 0 Å². The second-order valence-corrected chi connectivity index (χ2v) is 23.9. The Hall–Kier alpha value is -1.66. The molecular formula is C70H135NO5. The molecule has 0 aromatic rings. The van der Waals surface area contributed by atoms with Gasteiger partial charge in [0.15, 0.2) is 0 Å². The monoisotopic (exact) mass is 1070 g/mol. The van der Waals surface area contributed by atoms with Gasteiger partial charge in [-0.15, -0.1) is 0 Å². The van der Waals surface area contributed by atoms with Crippen molar-refractivity contribution in [3.05, 3.63) is 24.3 Å². The normalized spacial score (nSPS) is 12.6. The maximum atomic E-state index is 12.5. The maximum Gasteiger partial charge on any atom is 0.305 e. The van der Waals surface area contributed by atoms with E-state index in [-0.39, 0.29) is 18.5 Å². The molecule has 0 aromatic carbocycles. The van der Waals surface area contributed by atoms with Crippen LogP contribution in [0.4, 0.5) is 0 Å². The molecule has 0 saturated carbocycles. The molecule has 0 aliphatic carbocycles. The smallest absolute Gasteiger partial charge is 0.305 e. The van der Waals surface area contributed by atoms with Crippen molar-refractivity contribution in [3.63, 3.8) is 0 Å². The van der Waals surface area contributed by atoms with E-state index >= 15 is 0 Å². The number of nitrogens with one attached hydrogen (secondary N) is 1. The lowest BCUT2D eigenvalue weighted by atomic mass is 10.0. The fraction of sp³-hybridized carbons (Fsp3) is 0.914. The van der Waals surface area contributed by atoms with Crippen LogP contribution in [0.2, 0.25) is 0 Å². The number of carbonyl (C=O) groups is 2. The summed E-state index contributed by atoms with van der Waals surface area (Å²) >= 11 is 0. The molecule has 1 amide bonds. The van der Waals surface area contributed by atoms with Crippen LogP contribution in [0.3, 0.4) is 0 Å². The number of allylic oxidation sites excluding steroid dienone is 4.